The van der Waals surface area contributed by atoms with Crippen LogP contribution in [0.1, 0.15) is 0 Å². The Morgan fingerprint density at radius 3 is 2.59 bits per heavy atom. The predicted octanol–water partition coefficient (Wildman–Crippen LogP) is 1.25. The van der Waals surface area contributed by atoms with E-state index in [2.05, 4.69) is 4.98 Å². The molecule has 0 saturated carbocycles. The monoisotopic (exact) mass is 230 g/mol. The first kappa shape index (κ1) is 9.89. The Labute approximate surface area is 97.6 Å². The van der Waals surface area contributed by atoms with Crippen molar-refractivity contribution in [2.24, 2.45) is 0 Å². The van der Waals surface area contributed by atoms with E-state index in [1.54, 1.807) is 35.4 Å². The molecule has 0 atom stereocenters. The maximum atomic E-state index is 11.9. The lowest BCUT2D eigenvalue weighted by Gasteiger charge is -2.08. The molecule has 0 spiro atoms. The summed E-state index contributed by atoms with van der Waals surface area (Å²) in [6.45, 7) is 0.193. The highest BCUT2D eigenvalue weighted by atomic mass is 16.7. The van der Waals surface area contributed by atoms with Crippen LogP contribution in [0.3, 0.4) is 0 Å². The summed E-state index contributed by atoms with van der Waals surface area (Å²) in [5.41, 5.74) is 0. The van der Waals surface area contributed by atoms with Crippen molar-refractivity contribution < 1.29 is 14.3 Å². The molecule has 0 saturated heterocycles. The lowest BCUT2D eigenvalue weighted by molar-refractivity contribution is -0.135. The topological polar surface area (TPSA) is 53.4 Å². The molecule has 0 N–H and O–H groups in total. The number of hydrogen-bond donors (Lipinski definition) is 0. The smallest absolute Gasteiger partial charge is 0.302 e. The van der Waals surface area contributed by atoms with E-state index in [0.29, 0.717) is 11.5 Å². The van der Waals surface area contributed by atoms with E-state index in [-0.39, 0.29) is 12.3 Å². The third-order valence-electron chi connectivity index (χ3n) is 2.48. The fourth-order valence-electron chi connectivity index (χ4n) is 1.67. The SMILES string of the molecule is O=C(Cn1ccnc1)C1Oc2ccccc2O1. The van der Waals surface area contributed by atoms with Gasteiger partial charge in [-0.15, -0.1) is 0 Å². The summed E-state index contributed by atoms with van der Waals surface area (Å²) in [7, 11) is 0. The van der Waals surface area contributed by atoms with Crippen LogP contribution >= 0.6 is 0 Å². The van der Waals surface area contributed by atoms with Gasteiger partial charge in [-0.2, -0.15) is 0 Å². The van der Waals surface area contributed by atoms with Gasteiger partial charge in [-0.3, -0.25) is 4.79 Å². The summed E-state index contributed by atoms with van der Waals surface area (Å²) in [5.74, 6) is 1.08. The highest BCUT2D eigenvalue weighted by Gasteiger charge is 2.30. The summed E-state index contributed by atoms with van der Waals surface area (Å²) < 4.78 is 12.5. The Balaban J connectivity index is 1.70. The predicted molar refractivity (Wildman–Crippen MR) is 58.7 cm³/mol. The number of ether oxygens (including phenoxy) is 2. The van der Waals surface area contributed by atoms with E-state index in [4.69, 9.17) is 9.47 Å². The van der Waals surface area contributed by atoms with Crippen molar-refractivity contribution in [2.75, 3.05) is 0 Å². The average Bonchev–Trinajstić information content (AvgIpc) is 2.96. The Bertz CT molecular complexity index is 511. The molecule has 0 bridgehead atoms. The minimum Gasteiger partial charge on any atom is -0.444 e. The van der Waals surface area contributed by atoms with E-state index >= 15 is 0 Å². The molecule has 2 aromatic rings. The fraction of sp³-hybridized carbons (Fsp3) is 0.167. The van der Waals surface area contributed by atoms with Gasteiger partial charge in [0.1, 0.15) is 0 Å². The van der Waals surface area contributed by atoms with Crippen molar-refractivity contribution in [3.05, 3.63) is 43.0 Å². The molecule has 5 heteroatoms. The van der Waals surface area contributed by atoms with Gasteiger partial charge in [0.15, 0.2) is 11.5 Å². The minimum absolute atomic E-state index is 0.140. The molecule has 86 valence electrons. The second-order valence-electron chi connectivity index (χ2n) is 3.72. The first-order chi connectivity index (χ1) is 8.33. The second-order valence-corrected chi connectivity index (χ2v) is 3.72. The number of Topliss-reactive ketones (excluding diaryl/α,β-unsaturated/α-hetero) is 1. The lowest BCUT2D eigenvalue weighted by atomic mass is 10.3. The van der Waals surface area contributed by atoms with Crippen LogP contribution in [0.4, 0.5) is 0 Å². The molecule has 1 aliphatic heterocycles. The van der Waals surface area contributed by atoms with E-state index in [0.717, 1.165) is 0 Å². The molecule has 1 aliphatic rings. The maximum absolute atomic E-state index is 11.9. The first-order valence-corrected chi connectivity index (χ1v) is 5.24. The molecule has 17 heavy (non-hydrogen) atoms. The molecule has 0 radical (unpaired) electrons. The number of fused-ring (bicyclic) bond motifs is 1. The molecule has 2 heterocycles. The number of carbonyl (C=O) groups excluding carboxylic acids is 1. The van der Waals surface area contributed by atoms with Gasteiger partial charge >= 0.3 is 6.29 Å². The van der Waals surface area contributed by atoms with Crippen LogP contribution in [-0.4, -0.2) is 21.6 Å². The van der Waals surface area contributed by atoms with Gasteiger partial charge in [0, 0.05) is 12.4 Å². The number of hydrogen-bond acceptors (Lipinski definition) is 4. The summed E-state index contributed by atoms with van der Waals surface area (Å²) in [5, 5.41) is 0. The van der Waals surface area contributed by atoms with Gasteiger partial charge in [-0.05, 0) is 12.1 Å². The largest absolute Gasteiger partial charge is 0.444 e. The zero-order chi connectivity index (χ0) is 11.7. The zero-order valence-corrected chi connectivity index (χ0v) is 8.95. The third kappa shape index (κ3) is 1.87. The van der Waals surface area contributed by atoms with Gasteiger partial charge in [-0.1, -0.05) is 12.1 Å². The minimum atomic E-state index is -0.852. The zero-order valence-electron chi connectivity index (χ0n) is 8.95. The summed E-state index contributed by atoms with van der Waals surface area (Å²) in [6.07, 6.45) is 4.08. The van der Waals surface area contributed by atoms with Crippen LogP contribution in [0.2, 0.25) is 0 Å². The van der Waals surface area contributed by atoms with Gasteiger partial charge < -0.3 is 14.0 Å². The fourth-order valence-corrected chi connectivity index (χ4v) is 1.67. The Kier molecular flexibility index (Phi) is 2.29. The van der Waals surface area contributed by atoms with Crippen LogP contribution in [0.5, 0.6) is 11.5 Å². The number of nitrogens with zero attached hydrogens (tertiary/aromatic N) is 2. The molecule has 3 rings (SSSR count). The van der Waals surface area contributed by atoms with Crippen LogP contribution in [-0.2, 0) is 11.3 Å². The second kappa shape index (κ2) is 3.93. The standard InChI is InChI=1S/C12H10N2O3/c15-9(7-14-6-5-13-8-14)12-16-10-3-1-2-4-11(10)17-12/h1-6,8,12H,7H2. The molecular formula is C12H10N2O3. The first-order valence-electron chi connectivity index (χ1n) is 5.24. The lowest BCUT2D eigenvalue weighted by Crippen LogP contribution is -2.31. The Hall–Kier alpha value is -2.30. The van der Waals surface area contributed by atoms with Crippen LogP contribution in [0, 0.1) is 0 Å². The van der Waals surface area contributed by atoms with Crippen LogP contribution in [0.15, 0.2) is 43.0 Å². The highest BCUT2D eigenvalue weighted by Crippen LogP contribution is 2.34. The van der Waals surface area contributed by atoms with Crippen molar-refractivity contribution in [2.45, 2.75) is 12.8 Å². The quantitative estimate of drug-likeness (QED) is 0.796. The molecule has 5 nitrogen and oxygen atoms in total. The van der Waals surface area contributed by atoms with Crippen LogP contribution in [0.25, 0.3) is 0 Å². The number of benzene rings is 1. The number of para-hydroxylation sites is 2. The molecule has 1 aromatic carbocycles. The highest BCUT2D eigenvalue weighted by molar-refractivity contribution is 5.83. The van der Waals surface area contributed by atoms with Crippen molar-refractivity contribution in [3.63, 3.8) is 0 Å². The molecule has 0 aliphatic carbocycles. The Morgan fingerprint density at radius 1 is 1.29 bits per heavy atom. The normalized spacial score (nSPS) is 13.9. The van der Waals surface area contributed by atoms with Gasteiger partial charge in [-0.25, -0.2) is 4.98 Å². The maximum Gasteiger partial charge on any atom is 0.302 e. The van der Waals surface area contributed by atoms with Crippen molar-refractivity contribution in [3.8, 4) is 11.5 Å². The summed E-state index contributed by atoms with van der Waals surface area (Å²) >= 11 is 0. The van der Waals surface area contributed by atoms with E-state index in [9.17, 15) is 4.79 Å². The summed E-state index contributed by atoms with van der Waals surface area (Å²) in [4.78, 5) is 15.8. The van der Waals surface area contributed by atoms with Crippen LogP contribution < -0.4 is 9.47 Å². The Morgan fingerprint density at radius 2 is 2.00 bits per heavy atom. The van der Waals surface area contributed by atoms with Crippen molar-refractivity contribution in [1.29, 1.82) is 0 Å². The average molecular weight is 230 g/mol. The molecule has 0 fully saturated rings. The van der Waals surface area contributed by atoms with E-state index in [1.165, 1.54) is 0 Å². The number of ketones is 1. The molecule has 0 amide bonds. The summed E-state index contributed by atoms with van der Waals surface area (Å²) in [6, 6.07) is 7.23. The third-order valence-corrected chi connectivity index (χ3v) is 2.48. The molecule has 1 aromatic heterocycles. The number of carbonyl (C=O) groups is 1. The van der Waals surface area contributed by atoms with Crippen molar-refractivity contribution in [1.82, 2.24) is 9.55 Å². The van der Waals surface area contributed by atoms with E-state index < -0.39 is 6.29 Å². The van der Waals surface area contributed by atoms with E-state index in [1.807, 2.05) is 12.1 Å². The number of aromatic nitrogens is 2. The number of rotatable bonds is 3. The van der Waals surface area contributed by atoms with Crippen molar-refractivity contribution >= 4 is 5.78 Å². The molecular weight excluding hydrogens is 220 g/mol. The molecule has 0 unspecified atom stereocenters. The van der Waals surface area contributed by atoms with Gasteiger partial charge in [0.05, 0.1) is 12.9 Å². The van der Waals surface area contributed by atoms with Gasteiger partial charge in [0.25, 0.3) is 0 Å². The van der Waals surface area contributed by atoms with Gasteiger partial charge in [0.2, 0.25) is 5.78 Å². The number of imidazole rings is 1.